The molecule has 0 atom stereocenters. The Balaban J connectivity index is 2.18. The number of ether oxygens (including phenoxy) is 2. The molecule has 2 aromatic carbocycles. The zero-order valence-electron chi connectivity index (χ0n) is 20.4. The molecule has 0 spiro atoms. The number of allylic oxidation sites excluding steroid dienone is 2. The molecular weight excluding hydrogens is 470 g/mol. The zero-order chi connectivity index (χ0) is 25.8. The maximum Gasteiger partial charge on any atom is 0.339 e. The summed E-state index contributed by atoms with van der Waals surface area (Å²) in [4.78, 5) is 26.0. The van der Waals surface area contributed by atoms with Gasteiger partial charge < -0.3 is 19.0 Å². The highest BCUT2D eigenvalue weighted by Gasteiger charge is 2.39. The van der Waals surface area contributed by atoms with Crippen molar-refractivity contribution in [2.75, 3.05) is 13.2 Å². The third-order valence-electron chi connectivity index (χ3n) is 5.49. The predicted molar refractivity (Wildman–Crippen MR) is 130 cm³/mol. The van der Waals surface area contributed by atoms with Gasteiger partial charge in [-0.15, -0.1) is 0 Å². The van der Waals surface area contributed by atoms with Crippen LogP contribution in [0.25, 0.3) is 0 Å². The number of nitrogens with one attached hydrogen (secondary N) is 1. The molecule has 1 aliphatic rings. The Morgan fingerprint density at radius 3 is 1.86 bits per heavy atom. The van der Waals surface area contributed by atoms with Crippen molar-refractivity contribution in [3.8, 4) is 5.75 Å². The van der Waals surface area contributed by atoms with Gasteiger partial charge >= 0.3 is 22.1 Å². The number of carbonyl (C=O) groups excluding carboxylic acids is 2. The van der Waals surface area contributed by atoms with E-state index in [1.165, 1.54) is 18.2 Å². The zero-order valence-corrected chi connectivity index (χ0v) is 21.2. The fraction of sp³-hybridized carbons (Fsp3) is 0.308. The van der Waals surface area contributed by atoms with Crippen molar-refractivity contribution < 1.29 is 31.7 Å². The number of benzene rings is 2. The first kappa shape index (κ1) is 26.0. The van der Waals surface area contributed by atoms with Crippen molar-refractivity contribution in [3.05, 3.63) is 82.2 Å². The van der Waals surface area contributed by atoms with E-state index < -0.39 is 28.0 Å². The summed E-state index contributed by atoms with van der Waals surface area (Å²) >= 11 is 0. The molecule has 1 heterocycles. The Labute approximate surface area is 205 Å². The lowest BCUT2D eigenvalue weighted by molar-refractivity contribution is -0.139. The van der Waals surface area contributed by atoms with E-state index >= 15 is 0 Å². The Hall–Kier alpha value is -3.59. The van der Waals surface area contributed by atoms with Gasteiger partial charge in [-0.2, -0.15) is 8.42 Å². The molecule has 0 fully saturated rings. The molecule has 2 aromatic rings. The number of hydrogen-bond acceptors (Lipinski definition) is 8. The molecule has 0 aliphatic carbocycles. The van der Waals surface area contributed by atoms with Gasteiger partial charge in [-0.3, -0.25) is 0 Å². The van der Waals surface area contributed by atoms with Crippen LogP contribution in [-0.2, 0) is 29.2 Å². The Bertz CT molecular complexity index is 1250. The molecule has 0 amide bonds. The first-order chi connectivity index (χ1) is 16.6. The second kappa shape index (κ2) is 10.8. The Kier molecular flexibility index (Phi) is 8.01. The summed E-state index contributed by atoms with van der Waals surface area (Å²) in [6.07, 6.45) is 0. The molecule has 0 unspecified atom stereocenters. The summed E-state index contributed by atoms with van der Waals surface area (Å²) in [6, 6.07) is 12.7. The second-order valence-corrected chi connectivity index (χ2v) is 9.51. The summed E-state index contributed by atoms with van der Waals surface area (Å²) in [6.45, 7) is 8.84. The minimum Gasteiger partial charge on any atom is -0.463 e. The van der Waals surface area contributed by atoms with Crippen LogP contribution in [0.3, 0.4) is 0 Å². The fourth-order valence-electron chi connectivity index (χ4n) is 3.93. The Morgan fingerprint density at radius 2 is 1.34 bits per heavy atom. The van der Waals surface area contributed by atoms with Crippen molar-refractivity contribution >= 4 is 22.1 Å². The van der Waals surface area contributed by atoms with Gasteiger partial charge in [0, 0.05) is 17.0 Å². The standard InChI is InChI=1S/C26H29NO7S/c1-6-32-25(28)22-17(4)27-18(5)23(26(29)33-7-2)24(22)20-10-8-9-11-21(20)34-35(30,31)19-14-12-16(3)13-15-19/h8-15,24,27H,6-7H2,1-5H3. The normalized spacial score (nSPS) is 14.4. The second-order valence-electron chi connectivity index (χ2n) is 7.96. The summed E-state index contributed by atoms with van der Waals surface area (Å²) in [7, 11) is -4.19. The lowest BCUT2D eigenvalue weighted by Crippen LogP contribution is -2.32. The van der Waals surface area contributed by atoms with Gasteiger partial charge in [0.1, 0.15) is 10.6 Å². The number of para-hydroxylation sites is 1. The van der Waals surface area contributed by atoms with Crippen molar-refractivity contribution in [1.82, 2.24) is 5.32 Å². The highest BCUT2D eigenvalue weighted by atomic mass is 32.2. The highest BCUT2D eigenvalue weighted by molar-refractivity contribution is 7.87. The van der Waals surface area contributed by atoms with E-state index in [4.69, 9.17) is 13.7 Å². The van der Waals surface area contributed by atoms with Crippen LogP contribution < -0.4 is 9.50 Å². The van der Waals surface area contributed by atoms with Crippen LogP contribution in [0.2, 0.25) is 0 Å². The molecule has 35 heavy (non-hydrogen) atoms. The Morgan fingerprint density at radius 1 is 0.829 bits per heavy atom. The largest absolute Gasteiger partial charge is 0.463 e. The molecule has 0 radical (unpaired) electrons. The minimum absolute atomic E-state index is 0.0100. The molecule has 0 aromatic heterocycles. The van der Waals surface area contributed by atoms with E-state index in [1.54, 1.807) is 58.0 Å². The number of carbonyl (C=O) groups is 2. The first-order valence-electron chi connectivity index (χ1n) is 11.2. The quantitative estimate of drug-likeness (QED) is 0.427. The lowest BCUT2D eigenvalue weighted by Gasteiger charge is -2.31. The molecule has 0 saturated carbocycles. The average Bonchev–Trinajstić information content (AvgIpc) is 2.79. The number of dihydropyridines is 1. The van der Waals surface area contributed by atoms with E-state index in [0.717, 1.165) is 5.56 Å². The van der Waals surface area contributed by atoms with E-state index in [9.17, 15) is 18.0 Å². The lowest BCUT2D eigenvalue weighted by atomic mass is 9.80. The highest BCUT2D eigenvalue weighted by Crippen LogP contribution is 2.43. The topological polar surface area (TPSA) is 108 Å². The molecule has 8 nitrogen and oxygen atoms in total. The van der Waals surface area contributed by atoms with Gasteiger partial charge in [0.2, 0.25) is 0 Å². The number of hydrogen-bond donors (Lipinski definition) is 1. The van der Waals surface area contributed by atoms with Gasteiger partial charge in [0.15, 0.2) is 0 Å². The summed E-state index contributed by atoms with van der Waals surface area (Å²) in [5.41, 5.74) is 2.52. The van der Waals surface area contributed by atoms with Crippen molar-refractivity contribution in [2.24, 2.45) is 0 Å². The molecular formula is C26H29NO7S. The molecule has 1 N–H and O–H groups in total. The van der Waals surface area contributed by atoms with E-state index in [2.05, 4.69) is 5.32 Å². The fourth-order valence-corrected chi connectivity index (χ4v) is 4.88. The van der Waals surface area contributed by atoms with Crippen LogP contribution in [0, 0.1) is 6.92 Å². The third kappa shape index (κ3) is 5.57. The molecule has 186 valence electrons. The van der Waals surface area contributed by atoms with Crippen molar-refractivity contribution in [1.29, 1.82) is 0 Å². The predicted octanol–water partition coefficient (Wildman–Crippen LogP) is 4.12. The van der Waals surface area contributed by atoms with Gasteiger partial charge in [0.25, 0.3) is 0 Å². The first-order valence-corrected chi connectivity index (χ1v) is 12.6. The number of aryl methyl sites for hydroxylation is 1. The monoisotopic (exact) mass is 499 g/mol. The minimum atomic E-state index is -4.19. The summed E-state index contributed by atoms with van der Waals surface area (Å²) in [5.74, 6) is -2.25. The van der Waals surface area contributed by atoms with Crippen LogP contribution in [0.5, 0.6) is 5.75 Å². The van der Waals surface area contributed by atoms with Crippen LogP contribution in [-0.4, -0.2) is 33.6 Å². The van der Waals surface area contributed by atoms with Gasteiger partial charge in [-0.05, 0) is 52.8 Å². The van der Waals surface area contributed by atoms with E-state index in [0.29, 0.717) is 17.0 Å². The third-order valence-corrected chi connectivity index (χ3v) is 6.74. The van der Waals surface area contributed by atoms with Crippen molar-refractivity contribution in [2.45, 2.75) is 45.4 Å². The molecule has 1 aliphatic heterocycles. The van der Waals surface area contributed by atoms with Gasteiger partial charge in [-0.25, -0.2) is 9.59 Å². The van der Waals surface area contributed by atoms with Crippen LogP contribution in [0.15, 0.2) is 76.0 Å². The maximum atomic E-state index is 13.1. The average molecular weight is 500 g/mol. The van der Waals surface area contributed by atoms with Crippen LogP contribution in [0.1, 0.15) is 44.7 Å². The number of esters is 2. The molecule has 9 heteroatoms. The molecule has 0 bridgehead atoms. The SMILES string of the molecule is CCOC(=O)C1=C(C)NC(C)=C(C(=O)OCC)C1c1ccccc1OS(=O)(=O)c1ccc(C)cc1. The number of rotatable bonds is 8. The molecule has 0 saturated heterocycles. The van der Waals surface area contributed by atoms with E-state index in [1.807, 2.05) is 6.92 Å². The van der Waals surface area contributed by atoms with Crippen LogP contribution in [0.4, 0.5) is 0 Å². The smallest absolute Gasteiger partial charge is 0.339 e. The summed E-state index contributed by atoms with van der Waals surface area (Å²) in [5, 5.41) is 3.06. The van der Waals surface area contributed by atoms with Gasteiger partial charge in [-0.1, -0.05) is 35.9 Å². The van der Waals surface area contributed by atoms with Crippen LogP contribution >= 0.6 is 0 Å². The maximum absolute atomic E-state index is 13.1. The summed E-state index contributed by atoms with van der Waals surface area (Å²) < 4.78 is 42.3. The molecule has 3 rings (SSSR count). The van der Waals surface area contributed by atoms with Crippen molar-refractivity contribution in [3.63, 3.8) is 0 Å². The van der Waals surface area contributed by atoms with E-state index in [-0.39, 0.29) is 35.0 Å². The van der Waals surface area contributed by atoms with Gasteiger partial charge in [0.05, 0.1) is 30.3 Å².